The maximum atomic E-state index is 13.4. The Balaban J connectivity index is 1.71. The Bertz CT molecular complexity index is 1070. The third-order valence-corrected chi connectivity index (χ3v) is 7.50. The van der Waals surface area contributed by atoms with Crippen LogP contribution in [0.4, 0.5) is 4.79 Å². The summed E-state index contributed by atoms with van der Waals surface area (Å²) >= 11 is 0. The van der Waals surface area contributed by atoms with Crippen LogP contribution in [0.3, 0.4) is 0 Å². The van der Waals surface area contributed by atoms with Gasteiger partial charge in [0.15, 0.2) is 20.8 Å². The van der Waals surface area contributed by atoms with Gasteiger partial charge >= 0.3 is 6.16 Å². The van der Waals surface area contributed by atoms with Crippen molar-refractivity contribution in [1.82, 2.24) is 0 Å². The molecule has 2 aromatic carbocycles. The minimum atomic E-state index is -4.11. The molecule has 0 spiro atoms. The number of ether oxygens (including phenoxy) is 2. The first-order valence-corrected chi connectivity index (χ1v) is 11.5. The van der Waals surface area contributed by atoms with Gasteiger partial charge in [-0.25, -0.2) is 13.2 Å². The molecule has 1 fully saturated rings. The number of allylic oxidation sites excluding steroid dienone is 1. The van der Waals surface area contributed by atoms with Crippen LogP contribution < -0.4 is 0 Å². The highest BCUT2D eigenvalue weighted by molar-refractivity contribution is 8.02. The van der Waals surface area contributed by atoms with E-state index in [2.05, 4.69) is 0 Å². The Labute approximate surface area is 175 Å². The van der Waals surface area contributed by atoms with Crippen LogP contribution in [-0.2, 0) is 24.1 Å². The van der Waals surface area contributed by atoms with Crippen molar-refractivity contribution in [3.05, 3.63) is 77.5 Å². The molecule has 1 aliphatic carbocycles. The largest absolute Gasteiger partial charge is 0.514 e. The molecule has 1 aliphatic heterocycles. The van der Waals surface area contributed by atoms with Gasteiger partial charge in [-0.05, 0) is 36.8 Å². The smallest absolute Gasteiger partial charge is 0.431 e. The zero-order valence-corrected chi connectivity index (χ0v) is 17.1. The number of Topliss-reactive ketones (excluding diaryl/α,β-unsaturated/α-hetero) is 1. The first-order chi connectivity index (χ1) is 14.5. The number of rotatable bonds is 4. The lowest BCUT2D eigenvalue weighted by atomic mass is 9.98. The quantitative estimate of drug-likeness (QED) is 0.665. The van der Waals surface area contributed by atoms with Gasteiger partial charge in [-0.3, -0.25) is 4.79 Å². The summed E-state index contributed by atoms with van der Waals surface area (Å²) in [6, 6.07) is 16.4. The Morgan fingerprint density at radius 1 is 0.867 bits per heavy atom. The van der Waals surface area contributed by atoms with Gasteiger partial charge in [0.1, 0.15) is 11.0 Å². The van der Waals surface area contributed by atoms with E-state index in [1.165, 1.54) is 0 Å². The van der Waals surface area contributed by atoms with Crippen LogP contribution in [0.15, 0.2) is 66.4 Å². The lowest BCUT2D eigenvalue weighted by molar-refractivity contribution is -0.118. The summed E-state index contributed by atoms with van der Waals surface area (Å²) in [7, 11) is -4.11. The number of benzene rings is 2. The minimum absolute atomic E-state index is 0.273. The van der Waals surface area contributed by atoms with Crippen molar-refractivity contribution < 1.29 is 27.5 Å². The predicted octanol–water partition coefficient (Wildman–Crippen LogP) is 4.58. The van der Waals surface area contributed by atoms with Crippen LogP contribution in [0.5, 0.6) is 0 Å². The van der Waals surface area contributed by atoms with E-state index in [4.69, 9.17) is 9.47 Å². The average molecular weight is 426 g/mol. The van der Waals surface area contributed by atoms with Crippen LogP contribution in [0.25, 0.3) is 4.91 Å². The molecule has 1 saturated carbocycles. The van der Waals surface area contributed by atoms with Gasteiger partial charge in [0.2, 0.25) is 5.78 Å². The Kier molecular flexibility index (Phi) is 5.72. The summed E-state index contributed by atoms with van der Waals surface area (Å²) in [4.78, 5) is 25.3. The van der Waals surface area contributed by atoms with Gasteiger partial charge in [0.05, 0.1) is 0 Å². The van der Waals surface area contributed by atoms with E-state index in [0.29, 0.717) is 11.1 Å². The summed E-state index contributed by atoms with van der Waals surface area (Å²) in [6.07, 6.45) is 3.16. The average Bonchev–Trinajstić information content (AvgIpc) is 2.94. The van der Waals surface area contributed by atoms with E-state index in [1.807, 2.05) is 0 Å². The summed E-state index contributed by atoms with van der Waals surface area (Å²) in [5.41, 5.74) is 0.625. The van der Waals surface area contributed by atoms with Crippen molar-refractivity contribution in [3.8, 4) is 0 Å². The summed E-state index contributed by atoms with van der Waals surface area (Å²) in [5.74, 6) is -1.24. The monoisotopic (exact) mass is 426 g/mol. The van der Waals surface area contributed by atoms with E-state index in [9.17, 15) is 18.0 Å². The molecule has 7 heteroatoms. The molecular formula is C23H22O6S. The van der Waals surface area contributed by atoms with Gasteiger partial charge in [-0.2, -0.15) is 0 Å². The molecule has 0 radical (unpaired) electrons. The minimum Gasteiger partial charge on any atom is -0.431 e. The second kappa shape index (κ2) is 8.44. The zero-order valence-electron chi connectivity index (χ0n) is 16.3. The molecule has 1 atom stereocenters. The van der Waals surface area contributed by atoms with Gasteiger partial charge in [-0.15, -0.1) is 0 Å². The SMILES string of the molecule is O=C(OC1=C(c2ccccc2)S(=O)(=O)C(c2ccccc2)C1=O)OC1CCCCC1. The van der Waals surface area contributed by atoms with Gasteiger partial charge < -0.3 is 9.47 Å². The highest BCUT2D eigenvalue weighted by Gasteiger charge is 2.50. The van der Waals surface area contributed by atoms with Crippen molar-refractivity contribution in [2.75, 3.05) is 0 Å². The Morgan fingerprint density at radius 3 is 2.10 bits per heavy atom. The Hall–Kier alpha value is -2.93. The van der Waals surface area contributed by atoms with Crippen molar-refractivity contribution in [1.29, 1.82) is 0 Å². The predicted molar refractivity (Wildman–Crippen MR) is 111 cm³/mol. The number of carbonyl (C=O) groups is 2. The fraction of sp³-hybridized carbons (Fsp3) is 0.304. The van der Waals surface area contributed by atoms with E-state index in [1.54, 1.807) is 60.7 Å². The van der Waals surface area contributed by atoms with Crippen LogP contribution in [0.2, 0.25) is 0 Å². The van der Waals surface area contributed by atoms with Crippen molar-refractivity contribution in [3.63, 3.8) is 0 Å². The van der Waals surface area contributed by atoms with Crippen LogP contribution in [0, 0.1) is 0 Å². The van der Waals surface area contributed by atoms with Crippen LogP contribution in [-0.4, -0.2) is 26.5 Å². The second-order valence-electron chi connectivity index (χ2n) is 7.45. The molecule has 0 saturated heterocycles. The number of carbonyl (C=O) groups excluding carboxylic acids is 2. The first kappa shape index (κ1) is 20.3. The van der Waals surface area contributed by atoms with E-state index in [0.717, 1.165) is 32.1 Å². The standard InChI is InChI=1S/C23H22O6S/c24-19-20(29-23(25)28-18-14-8-3-9-15-18)22(17-12-6-2-7-13-17)30(26,27)21(19)16-10-4-1-5-11-16/h1-2,4-7,10-13,18,21H,3,8-9,14-15H2. The molecule has 1 heterocycles. The summed E-state index contributed by atoms with van der Waals surface area (Å²) < 4.78 is 37.4. The molecule has 0 N–H and O–H groups in total. The highest BCUT2D eigenvalue weighted by Crippen LogP contribution is 2.44. The number of sulfone groups is 1. The summed E-state index contributed by atoms with van der Waals surface area (Å²) in [5, 5.41) is -1.45. The van der Waals surface area contributed by atoms with E-state index >= 15 is 0 Å². The molecule has 0 aromatic heterocycles. The molecule has 30 heavy (non-hydrogen) atoms. The van der Waals surface area contributed by atoms with Crippen molar-refractivity contribution in [2.45, 2.75) is 43.5 Å². The first-order valence-electron chi connectivity index (χ1n) is 9.99. The van der Waals surface area contributed by atoms with Gasteiger partial charge in [0.25, 0.3) is 0 Å². The van der Waals surface area contributed by atoms with Crippen LogP contribution in [0.1, 0.15) is 48.5 Å². The molecule has 2 aromatic rings. The highest BCUT2D eigenvalue weighted by atomic mass is 32.2. The molecule has 6 nitrogen and oxygen atoms in total. The third kappa shape index (κ3) is 3.89. The second-order valence-corrected chi connectivity index (χ2v) is 9.42. The molecule has 2 aliphatic rings. The molecule has 156 valence electrons. The maximum absolute atomic E-state index is 13.4. The van der Waals surface area contributed by atoms with E-state index in [-0.39, 0.29) is 11.0 Å². The fourth-order valence-electron chi connectivity index (χ4n) is 3.99. The topological polar surface area (TPSA) is 86.7 Å². The van der Waals surface area contributed by atoms with Gasteiger partial charge in [0, 0.05) is 0 Å². The number of hydrogen-bond acceptors (Lipinski definition) is 6. The molecular weight excluding hydrogens is 404 g/mol. The van der Waals surface area contributed by atoms with Crippen molar-refractivity contribution >= 4 is 26.7 Å². The lowest BCUT2D eigenvalue weighted by Gasteiger charge is -2.21. The molecule has 4 rings (SSSR count). The molecule has 0 amide bonds. The van der Waals surface area contributed by atoms with Crippen molar-refractivity contribution in [2.24, 2.45) is 0 Å². The summed E-state index contributed by atoms with van der Waals surface area (Å²) in [6.45, 7) is 0. The van der Waals surface area contributed by atoms with E-state index < -0.39 is 32.8 Å². The fourth-order valence-corrected chi connectivity index (χ4v) is 5.99. The normalized spacial score (nSPS) is 21.5. The third-order valence-electron chi connectivity index (χ3n) is 5.40. The maximum Gasteiger partial charge on any atom is 0.514 e. The zero-order chi connectivity index (χ0) is 21.1. The molecule has 1 unspecified atom stereocenters. The molecule has 0 bridgehead atoms. The lowest BCUT2D eigenvalue weighted by Crippen LogP contribution is -2.23. The number of hydrogen-bond donors (Lipinski definition) is 0. The van der Waals surface area contributed by atoms with Gasteiger partial charge in [-0.1, -0.05) is 67.1 Å². The Morgan fingerprint density at radius 2 is 1.47 bits per heavy atom. The van der Waals surface area contributed by atoms with Crippen LogP contribution >= 0.6 is 0 Å². The number of ketones is 1.